The van der Waals surface area contributed by atoms with Crippen molar-refractivity contribution in [1.82, 2.24) is 9.38 Å². The number of pyridine rings is 1. The molecule has 2 aromatic carbocycles. The molecule has 0 bridgehead atoms. The highest BCUT2D eigenvalue weighted by Gasteiger charge is 2.19. The molecule has 0 aliphatic carbocycles. The molecule has 1 amide bonds. The molecule has 0 radical (unpaired) electrons. The fraction of sp³-hybridized carbons (Fsp3) is 0.167. The van der Waals surface area contributed by atoms with Gasteiger partial charge in [0, 0.05) is 17.4 Å². The number of amides is 1. The molecule has 2 heterocycles. The zero-order valence-electron chi connectivity index (χ0n) is 17.1. The fourth-order valence-corrected chi connectivity index (χ4v) is 3.56. The van der Waals surface area contributed by atoms with Gasteiger partial charge in [0.1, 0.15) is 22.9 Å². The van der Waals surface area contributed by atoms with E-state index in [9.17, 15) is 4.79 Å². The lowest BCUT2D eigenvalue weighted by Crippen LogP contribution is -2.20. The third-order valence-electron chi connectivity index (χ3n) is 5.03. The Hall–Kier alpha value is -3.80. The Morgan fingerprint density at radius 3 is 2.70 bits per heavy atom. The second kappa shape index (κ2) is 8.29. The quantitative estimate of drug-likeness (QED) is 0.479. The van der Waals surface area contributed by atoms with Crippen LogP contribution in [0, 0.1) is 6.92 Å². The average Bonchev–Trinajstić information content (AvgIpc) is 3.12. The number of nitrogens with one attached hydrogen (secondary N) is 1. The standard InChI is InChI=1S/C24H24N4O2/c1-3-17-10-8-9-16(2)22(17)27-24-23(26-21-13-6-7-14-28(21)24)18-11-4-5-12-19(18)30-15-20(25)29/h4-14,27H,3,15H2,1-2H3,(H2,25,29). The van der Waals surface area contributed by atoms with Gasteiger partial charge in [0.25, 0.3) is 5.91 Å². The normalized spacial score (nSPS) is 10.9. The van der Waals surface area contributed by atoms with Crippen LogP contribution in [0.15, 0.2) is 66.9 Å². The summed E-state index contributed by atoms with van der Waals surface area (Å²) in [5.41, 5.74) is 11.1. The summed E-state index contributed by atoms with van der Waals surface area (Å²) in [5, 5.41) is 3.63. The summed E-state index contributed by atoms with van der Waals surface area (Å²) in [6.07, 6.45) is 2.89. The van der Waals surface area contributed by atoms with Crippen LogP contribution in [0.25, 0.3) is 16.9 Å². The van der Waals surface area contributed by atoms with E-state index in [1.54, 1.807) is 0 Å². The van der Waals surface area contributed by atoms with Crippen LogP contribution in [0.2, 0.25) is 0 Å². The van der Waals surface area contributed by atoms with E-state index in [1.165, 1.54) is 5.56 Å². The van der Waals surface area contributed by atoms with Gasteiger partial charge in [-0.2, -0.15) is 0 Å². The van der Waals surface area contributed by atoms with Crippen LogP contribution in [0.3, 0.4) is 0 Å². The first-order valence-corrected chi connectivity index (χ1v) is 9.91. The molecule has 0 unspecified atom stereocenters. The number of hydrogen-bond donors (Lipinski definition) is 2. The number of nitrogens with two attached hydrogens (primary N) is 1. The van der Waals surface area contributed by atoms with Crippen molar-refractivity contribution in [2.24, 2.45) is 5.73 Å². The number of rotatable bonds is 7. The fourth-order valence-electron chi connectivity index (χ4n) is 3.56. The minimum absolute atomic E-state index is 0.190. The van der Waals surface area contributed by atoms with Crippen LogP contribution in [-0.4, -0.2) is 21.9 Å². The number of aryl methyl sites for hydroxylation is 2. The van der Waals surface area contributed by atoms with E-state index in [-0.39, 0.29) is 6.61 Å². The van der Waals surface area contributed by atoms with Crippen molar-refractivity contribution in [2.75, 3.05) is 11.9 Å². The number of nitrogens with zero attached hydrogens (tertiary/aromatic N) is 2. The summed E-state index contributed by atoms with van der Waals surface area (Å²) < 4.78 is 7.69. The zero-order chi connectivity index (χ0) is 21.1. The van der Waals surface area contributed by atoms with Gasteiger partial charge < -0.3 is 15.8 Å². The smallest absolute Gasteiger partial charge is 0.255 e. The van der Waals surface area contributed by atoms with Gasteiger partial charge in [-0.1, -0.05) is 43.3 Å². The Balaban J connectivity index is 1.89. The number of benzene rings is 2. The molecule has 0 aliphatic heterocycles. The first kappa shape index (κ1) is 19.5. The van der Waals surface area contributed by atoms with E-state index in [0.717, 1.165) is 40.4 Å². The lowest BCUT2D eigenvalue weighted by Gasteiger charge is -2.16. The minimum Gasteiger partial charge on any atom is -0.483 e. The van der Waals surface area contributed by atoms with Gasteiger partial charge in [0.05, 0.1) is 0 Å². The lowest BCUT2D eigenvalue weighted by molar-refractivity contribution is -0.119. The Kier molecular flexibility index (Phi) is 5.39. The number of aromatic nitrogens is 2. The molecule has 2 aromatic heterocycles. The molecule has 3 N–H and O–H groups in total. The zero-order valence-corrected chi connectivity index (χ0v) is 17.1. The van der Waals surface area contributed by atoms with E-state index in [1.807, 2.05) is 53.1 Å². The van der Waals surface area contributed by atoms with Crippen molar-refractivity contribution in [2.45, 2.75) is 20.3 Å². The molecule has 4 aromatic rings. The van der Waals surface area contributed by atoms with Crippen LogP contribution < -0.4 is 15.8 Å². The van der Waals surface area contributed by atoms with Crippen LogP contribution in [-0.2, 0) is 11.2 Å². The van der Waals surface area contributed by atoms with E-state index >= 15 is 0 Å². The summed E-state index contributed by atoms with van der Waals surface area (Å²) >= 11 is 0. The van der Waals surface area contributed by atoms with Crippen molar-refractivity contribution >= 4 is 23.1 Å². The molecule has 30 heavy (non-hydrogen) atoms. The first-order chi connectivity index (χ1) is 14.6. The lowest BCUT2D eigenvalue weighted by atomic mass is 10.1. The topological polar surface area (TPSA) is 81.6 Å². The maximum absolute atomic E-state index is 11.2. The summed E-state index contributed by atoms with van der Waals surface area (Å²) in [6.45, 7) is 4.04. The van der Waals surface area contributed by atoms with Crippen LogP contribution >= 0.6 is 0 Å². The molecule has 0 saturated heterocycles. The first-order valence-electron chi connectivity index (χ1n) is 9.91. The maximum Gasteiger partial charge on any atom is 0.255 e. The number of primary amides is 1. The molecular weight excluding hydrogens is 376 g/mol. The number of ether oxygens (including phenoxy) is 1. The number of hydrogen-bond acceptors (Lipinski definition) is 4. The van der Waals surface area contributed by atoms with E-state index in [0.29, 0.717) is 5.75 Å². The third-order valence-corrected chi connectivity index (χ3v) is 5.03. The van der Waals surface area contributed by atoms with Gasteiger partial charge in [0.2, 0.25) is 0 Å². The van der Waals surface area contributed by atoms with E-state index in [2.05, 4.69) is 37.4 Å². The number of carbonyl (C=O) groups excluding carboxylic acids is 1. The molecule has 0 atom stereocenters. The number of carbonyl (C=O) groups is 1. The molecule has 4 rings (SSSR count). The highest BCUT2D eigenvalue weighted by atomic mass is 16.5. The number of fused-ring (bicyclic) bond motifs is 1. The van der Waals surface area contributed by atoms with Crippen LogP contribution in [0.5, 0.6) is 5.75 Å². The number of anilines is 2. The summed E-state index contributed by atoms with van der Waals surface area (Å²) in [7, 11) is 0. The monoisotopic (exact) mass is 400 g/mol. The Bertz CT molecular complexity index is 1210. The predicted molar refractivity (Wildman–Crippen MR) is 119 cm³/mol. The molecule has 152 valence electrons. The van der Waals surface area contributed by atoms with Crippen molar-refractivity contribution in [3.8, 4) is 17.0 Å². The maximum atomic E-state index is 11.2. The largest absolute Gasteiger partial charge is 0.483 e. The van der Waals surface area contributed by atoms with Crippen LogP contribution in [0.4, 0.5) is 11.5 Å². The van der Waals surface area contributed by atoms with Gasteiger partial charge in [-0.05, 0) is 48.7 Å². The molecule has 6 nitrogen and oxygen atoms in total. The van der Waals surface area contributed by atoms with Gasteiger partial charge in [0.15, 0.2) is 6.61 Å². The van der Waals surface area contributed by atoms with Crippen molar-refractivity contribution in [3.05, 3.63) is 78.0 Å². The highest BCUT2D eigenvalue weighted by molar-refractivity contribution is 5.84. The highest BCUT2D eigenvalue weighted by Crippen LogP contribution is 2.37. The van der Waals surface area contributed by atoms with Crippen molar-refractivity contribution < 1.29 is 9.53 Å². The minimum atomic E-state index is -0.523. The van der Waals surface area contributed by atoms with Gasteiger partial charge >= 0.3 is 0 Å². The predicted octanol–water partition coefficient (Wildman–Crippen LogP) is 4.48. The Labute approximate surface area is 175 Å². The Morgan fingerprint density at radius 1 is 1.10 bits per heavy atom. The molecular formula is C24H24N4O2. The van der Waals surface area contributed by atoms with Crippen molar-refractivity contribution in [3.63, 3.8) is 0 Å². The second-order valence-electron chi connectivity index (χ2n) is 7.08. The number of para-hydroxylation sites is 2. The molecule has 0 saturated carbocycles. The average molecular weight is 400 g/mol. The number of imidazole rings is 1. The van der Waals surface area contributed by atoms with E-state index < -0.39 is 5.91 Å². The van der Waals surface area contributed by atoms with Gasteiger partial charge in [-0.25, -0.2) is 4.98 Å². The third kappa shape index (κ3) is 3.72. The van der Waals surface area contributed by atoms with E-state index in [4.69, 9.17) is 15.5 Å². The summed E-state index contributed by atoms with van der Waals surface area (Å²) in [6, 6.07) is 19.7. The summed E-state index contributed by atoms with van der Waals surface area (Å²) in [5.74, 6) is 0.874. The Morgan fingerprint density at radius 2 is 1.90 bits per heavy atom. The van der Waals surface area contributed by atoms with Crippen LogP contribution in [0.1, 0.15) is 18.1 Å². The van der Waals surface area contributed by atoms with Gasteiger partial charge in [-0.15, -0.1) is 0 Å². The second-order valence-corrected chi connectivity index (χ2v) is 7.08. The van der Waals surface area contributed by atoms with Crippen molar-refractivity contribution in [1.29, 1.82) is 0 Å². The molecule has 6 heteroatoms. The SMILES string of the molecule is CCc1cccc(C)c1Nc1c(-c2ccccc2OCC(N)=O)nc2ccccn12. The summed E-state index contributed by atoms with van der Waals surface area (Å²) in [4.78, 5) is 16.1. The molecule has 0 fully saturated rings. The molecule has 0 aliphatic rings. The van der Waals surface area contributed by atoms with Gasteiger partial charge in [-0.3, -0.25) is 9.20 Å². The molecule has 0 spiro atoms.